The average molecular weight is 737 g/mol. The predicted molar refractivity (Wildman–Crippen MR) is 212 cm³/mol. The van der Waals surface area contributed by atoms with E-state index in [1.54, 1.807) is 7.11 Å². The van der Waals surface area contributed by atoms with E-state index in [2.05, 4.69) is 104 Å². The monoisotopic (exact) mass is 736 g/mol. The van der Waals surface area contributed by atoms with Crippen LogP contribution in [0.15, 0.2) is 48.6 Å². The molecule has 3 N–H and O–H groups in total. The predicted octanol–water partition coefficient (Wildman–Crippen LogP) is 5.93. The number of rotatable bonds is 6. The molecule has 0 bridgehead atoms. The highest BCUT2D eigenvalue weighted by atomic mass is 16.5. The van der Waals surface area contributed by atoms with Gasteiger partial charge in [-0.3, -0.25) is 14.6 Å². The quantitative estimate of drug-likeness (QED) is 0.212. The van der Waals surface area contributed by atoms with Gasteiger partial charge in [0.15, 0.2) is 0 Å². The average Bonchev–Trinajstić information content (AvgIpc) is 3.90. The van der Waals surface area contributed by atoms with Crippen molar-refractivity contribution in [1.82, 2.24) is 14.8 Å². The van der Waals surface area contributed by atoms with Gasteiger partial charge in [-0.25, -0.2) is 0 Å². The highest BCUT2D eigenvalue weighted by Crippen LogP contribution is 2.70. The fourth-order valence-corrected chi connectivity index (χ4v) is 13.7. The topological polar surface area (TPSA) is 102 Å². The first-order chi connectivity index (χ1) is 25.8. The lowest BCUT2D eigenvalue weighted by molar-refractivity contribution is -0.178. The van der Waals surface area contributed by atoms with Crippen LogP contribution < -0.4 is 9.64 Å². The standard InChI is InChI=1S/C45H60N4O5/c1-9-41(51)24-29-25-44(40(50)54-8,37-31(16-20-49(29)26-41)30-14-11-12-15-34(30)46-37)33-22-32-35(23-36(33)53-7)47(6)39-43(32)18-21-48-19-13-17-42(10-2,38(43)48)28(5)45(39,52)27(3)4/h11-15,17,22-23,27-29,38-39,46,51-52H,9-10,16,18-21,24-26H2,1-8H3/t28-,29-,38-,39-,41+,42+,43-,44+,45-/m1/s1. The van der Waals surface area contributed by atoms with Gasteiger partial charge in [0.25, 0.3) is 0 Å². The molecule has 1 saturated carbocycles. The number of carbonyl (C=O) groups excluding carboxylic acids is 1. The molecule has 3 fully saturated rings. The molecule has 9 nitrogen and oxygen atoms in total. The van der Waals surface area contributed by atoms with E-state index >= 15 is 4.79 Å². The summed E-state index contributed by atoms with van der Waals surface area (Å²) < 4.78 is 12.4. The molecule has 1 spiro atoms. The van der Waals surface area contributed by atoms with Crippen LogP contribution in [0.1, 0.15) is 89.1 Å². The number of aliphatic hydroxyl groups is 2. The van der Waals surface area contributed by atoms with Gasteiger partial charge in [0.05, 0.1) is 31.5 Å². The molecule has 0 unspecified atom stereocenters. The number of hydrogen-bond donors (Lipinski definition) is 3. The Morgan fingerprint density at radius 2 is 1.80 bits per heavy atom. The maximum Gasteiger partial charge on any atom is 0.322 e. The van der Waals surface area contributed by atoms with E-state index < -0.39 is 22.0 Å². The summed E-state index contributed by atoms with van der Waals surface area (Å²) in [6.07, 6.45) is 9.06. The van der Waals surface area contributed by atoms with E-state index in [9.17, 15) is 10.2 Å². The third kappa shape index (κ3) is 4.28. The zero-order valence-corrected chi connectivity index (χ0v) is 33.5. The zero-order valence-electron chi connectivity index (χ0n) is 33.5. The number of benzene rings is 2. The van der Waals surface area contributed by atoms with Gasteiger partial charge in [0, 0.05) is 83.5 Å². The number of para-hydroxylation sites is 1. The summed E-state index contributed by atoms with van der Waals surface area (Å²) in [6.45, 7) is 14.3. The van der Waals surface area contributed by atoms with Gasteiger partial charge in [0.2, 0.25) is 0 Å². The summed E-state index contributed by atoms with van der Waals surface area (Å²) in [6, 6.07) is 12.8. The van der Waals surface area contributed by atoms with Crippen molar-refractivity contribution in [3.05, 3.63) is 70.9 Å². The summed E-state index contributed by atoms with van der Waals surface area (Å²) in [5, 5.41) is 26.3. The van der Waals surface area contributed by atoms with E-state index in [1.165, 1.54) is 12.7 Å². The minimum absolute atomic E-state index is 0.00726. The molecule has 5 aliphatic heterocycles. The first kappa shape index (κ1) is 36.3. The lowest BCUT2D eigenvalue weighted by Gasteiger charge is -2.66. The second kappa shape index (κ2) is 12.1. The minimum Gasteiger partial charge on any atom is -0.496 e. The molecule has 3 aromatic rings. The van der Waals surface area contributed by atoms with Crippen LogP contribution in [0.2, 0.25) is 0 Å². The Labute approximate surface area is 320 Å². The third-order valence-corrected chi connectivity index (χ3v) is 16.2. The van der Waals surface area contributed by atoms with E-state index in [1.807, 2.05) is 6.07 Å². The number of nitrogens with zero attached hydrogens (tertiary/aromatic N) is 3. The third-order valence-electron chi connectivity index (χ3n) is 16.2. The van der Waals surface area contributed by atoms with Crippen molar-refractivity contribution >= 4 is 22.6 Å². The second-order valence-corrected chi connectivity index (χ2v) is 18.2. The highest BCUT2D eigenvalue weighted by molar-refractivity contribution is 5.94. The Morgan fingerprint density at radius 3 is 2.50 bits per heavy atom. The van der Waals surface area contributed by atoms with Crippen LogP contribution in [0, 0.1) is 17.3 Å². The van der Waals surface area contributed by atoms with Crippen molar-refractivity contribution in [2.45, 2.75) is 113 Å². The molecular weight excluding hydrogens is 677 g/mol. The van der Waals surface area contributed by atoms with Gasteiger partial charge >= 0.3 is 5.97 Å². The van der Waals surface area contributed by atoms with Gasteiger partial charge in [0.1, 0.15) is 11.2 Å². The van der Waals surface area contributed by atoms with Crippen molar-refractivity contribution in [2.24, 2.45) is 17.3 Å². The van der Waals surface area contributed by atoms with Crippen molar-refractivity contribution in [3.63, 3.8) is 0 Å². The number of fused-ring (bicyclic) bond motifs is 5. The van der Waals surface area contributed by atoms with Crippen LogP contribution in [0.25, 0.3) is 10.9 Å². The van der Waals surface area contributed by atoms with Gasteiger partial charge in [-0.2, -0.15) is 0 Å². The van der Waals surface area contributed by atoms with Crippen molar-refractivity contribution < 1.29 is 24.5 Å². The Morgan fingerprint density at radius 1 is 1.02 bits per heavy atom. The fourth-order valence-electron chi connectivity index (χ4n) is 13.7. The summed E-state index contributed by atoms with van der Waals surface area (Å²) >= 11 is 0. The molecule has 6 aliphatic rings. The molecule has 2 aromatic carbocycles. The largest absolute Gasteiger partial charge is 0.496 e. The van der Waals surface area contributed by atoms with Crippen LogP contribution in [-0.2, 0) is 26.8 Å². The summed E-state index contributed by atoms with van der Waals surface area (Å²) in [4.78, 5) is 26.5. The SMILES string of the molecule is CC[C@]1(O)C[C@@H]2C[C@](C(=O)OC)(c3cc4c(cc3OC)N(C)[C@@H]3[C@]45CCN4CC=C[C@](CC)([C@@H]45)[C@@H](C)[C@]3(O)C(C)C)c3[nH]c4ccccc4c3CCN2C1. The Hall–Kier alpha value is -3.37. The molecule has 6 heterocycles. The lowest BCUT2D eigenvalue weighted by Crippen LogP contribution is -2.77. The number of aromatic nitrogens is 1. The van der Waals surface area contributed by atoms with Crippen LogP contribution in [0.5, 0.6) is 5.75 Å². The second-order valence-electron chi connectivity index (χ2n) is 18.2. The number of methoxy groups -OCH3 is 2. The number of esters is 1. The maximum atomic E-state index is 15.2. The highest BCUT2D eigenvalue weighted by Gasteiger charge is 2.76. The molecule has 1 aromatic heterocycles. The van der Waals surface area contributed by atoms with Crippen LogP contribution >= 0.6 is 0 Å². The number of hydrogen-bond acceptors (Lipinski definition) is 8. The molecular formula is C45H60N4O5. The molecule has 0 radical (unpaired) electrons. The summed E-state index contributed by atoms with van der Waals surface area (Å²) in [5.74, 6) is 0.339. The Balaban J connectivity index is 1.36. The first-order valence-corrected chi connectivity index (χ1v) is 20.6. The van der Waals surface area contributed by atoms with Gasteiger partial charge in [-0.05, 0) is 80.2 Å². The fraction of sp³-hybridized carbons (Fsp3) is 0.622. The number of nitrogens with one attached hydrogen (secondary N) is 1. The molecule has 290 valence electrons. The van der Waals surface area contributed by atoms with E-state index in [0.29, 0.717) is 31.6 Å². The molecule has 0 amide bonds. The molecule has 1 aliphatic carbocycles. The van der Waals surface area contributed by atoms with Crippen LogP contribution in [-0.4, -0.2) is 108 Å². The normalized spacial score (nSPS) is 38.5. The molecule has 9 heteroatoms. The summed E-state index contributed by atoms with van der Waals surface area (Å²) in [7, 11) is 5.38. The van der Waals surface area contributed by atoms with Gasteiger partial charge in [-0.1, -0.05) is 65.0 Å². The number of anilines is 1. The first-order valence-electron chi connectivity index (χ1n) is 20.6. The molecule has 9 atom stereocenters. The van der Waals surface area contributed by atoms with E-state index in [4.69, 9.17) is 9.47 Å². The van der Waals surface area contributed by atoms with Crippen molar-refractivity contribution in [3.8, 4) is 5.75 Å². The van der Waals surface area contributed by atoms with Crippen molar-refractivity contribution in [1.29, 1.82) is 0 Å². The lowest BCUT2D eigenvalue weighted by atomic mass is 9.43. The Kier molecular flexibility index (Phi) is 8.11. The smallest absolute Gasteiger partial charge is 0.322 e. The summed E-state index contributed by atoms with van der Waals surface area (Å²) in [5.41, 5.74) is 2.35. The van der Waals surface area contributed by atoms with Gasteiger partial charge < -0.3 is 29.6 Å². The van der Waals surface area contributed by atoms with Crippen molar-refractivity contribution in [2.75, 3.05) is 52.3 Å². The zero-order chi connectivity index (χ0) is 38.2. The number of H-pyrrole nitrogens is 1. The maximum absolute atomic E-state index is 15.2. The van der Waals surface area contributed by atoms with E-state index in [0.717, 1.165) is 72.3 Å². The number of carbonyl (C=O) groups is 1. The van der Waals surface area contributed by atoms with Crippen LogP contribution in [0.3, 0.4) is 0 Å². The van der Waals surface area contributed by atoms with E-state index in [-0.39, 0.29) is 41.3 Å². The number of aromatic amines is 1. The minimum atomic E-state index is -1.26. The van der Waals surface area contributed by atoms with Gasteiger partial charge in [-0.15, -0.1) is 0 Å². The Bertz CT molecular complexity index is 2040. The number of likely N-dealkylation sites (N-methyl/N-ethyl adjacent to an activating group) is 1. The number of ether oxygens (including phenoxy) is 2. The molecule has 2 saturated heterocycles. The molecule has 9 rings (SSSR count). The van der Waals surface area contributed by atoms with Crippen LogP contribution in [0.4, 0.5) is 5.69 Å². The molecule has 54 heavy (non-hydrogen) atoms.